The van der Waals surface area contributed by atoms with Crippen LogP contribution < -0.4 is 98.5 Å². The number of aliphatic hydroxyl groups excluding tert-OH is 3. The van der Waals surface area contributed by atoms with Gasteiger partial charge in [-0.2, -0.15) is 0 Å². The van der Waals surface area contributed by atoms with Gasteiger partial charge in [0.15, 0.2) is 6.29 Å². The van der Waals surface area contributed by atoms with Gasteiger partial charge < -0.3 is 48.5 Å². The van der Waals surface area contributed by atoms with E-state index in [4.69, 9.17) is 14.2 Å². The summed E-state index contributed by atoms with van der Waals surface area (Å²) in [5, 5.41) is 41.1. The first-order valence-electron chi connectivity index (χ1n) is 8.02. The van der Waals surface area contributed by atoms with Gasteiger partial charge in [0, 0.05) is 17.7 Å². The fourth-order valence-corrected chi connectivity index (χ4v) is 3.67. The maximum atomic E-state index is 11.2. The molecule has 2 aliphatic rings. The fraction of sp³-hybridized carbons (Fsp3) is 0.917. The average molecular weight is 533 g/mol. The topological polar surface area (TPSA) is 247 Å². The Hall–Kier alpha value is 2.17. The summed E-state index contributed by atoms with van der Waals surface area (Å²) < 4.78 is 75.0. The van der Waals surface area contributed by atoms with E-state index in [2.05, 4.69) is 4.18 Å². The summed E-state index contributed by atoms with van der Waals surface area (Å²) in [6, 6.07) is -1.53. The summed E-state index contributed by atoms with van der Waals surface area (Å²) >= 11 is -2.94. The first-order valence-corrected chi connectivity index (χ1v) is 10.4. The maximum Gasteiger partial charge on any atom is 1.00 e. The molecule has 170 valence electrons. The van der Waals surface area contributed by atoms with Crippen molar-refractivity contribution in [1.82, 2.24) is 4.72 Å². The number of aliphatic hydroxyl groups is 3. The molecule has 2 saturated heterocycles. The van der Waals surface area contributed by atoms with Crippen LogP contribution in [0.3, 0.4) is 0 Å². The van der Waals surface area contributed by atoms with Crippen LogP contribution in [-0.4, -0.2) is 105 Å². The molecule has 9 atom stereocenters. The molecule has 0 aromatic heterocycles. The van der Waals surface area contributed by atoms with Crippen molar-refractivity contribution >= 4 is 27.6 Å². The minimum atomic E-state index is -5.10. The molecule has 0 saturated carbocycles. The zero-order valence-corrected chi connectivity index (χ0v) is 25.0. The number of carboxylic acids is 1. The van der Waals surface area contributed by atoms with Gasteiger partial charge in [0.05, 0.1) is 37.4 Å². The number of hydrogen-bond donors (Lipinski definition) is 4. The Morgan fingerprint density at radius 1 is 1.19 bits per heavy atom. The van der Waals surface area contributed by atoms with Gasteiger partial charge in [-0.3, -0.25) is 8.39 Å². The Balaban J connectivity index is 0. The first-order chi connectivity index (χ1) is 13.4. The van der Waals surface area contributed by atoms with Crippen LogP contribution in [0.4, 0.5) is 0 Å². The number of rotatable bonds is 8. The van der Waals surface area contributed by atoms with Crippen LogP contribution in [0, 0.1) is 0 Å². The fourth-order valence-electron chi connectivity index (χ4n) is 2.86. The molecule has 0 amide bonds. The van der Waals surface area contributed by atoms with Crippen molar-refractivity contribution in [3.8, 4) is 0 Å². The van der Waals surface area contributed by atoms with Crippen LogP contribution in [-0.2, 0) is 44.9 Å². The van der Waals surface area contributed by atoms with Gasteiger partial charge in [-0.15, -0.1) is 0 Å². The second kappa shape index (κ2) is 16.1. The van der Waals surface area contributed by atoms with Crippen molar-refractivity contribution in [3.63, 3.8) is 0 Å². The Kier molecular flexibility index (Phi) is 18.3. The van der Waals surface area contributed by atoms with Crippen molar-refractivity contribution in [3.05, 3.63) is 0 Å². The smallest absolute Gasteiger partial charge is 0.760 e. The molecular weight excluding hydrogens is 515 g/mol. The van der Waals surface area contributed by atoms with Gasteiger partial charge in [0.1, 0.15) is 24.4 Å². The number of carboxylic acid groups (broad SMARTS) is 1. The summed E-state index contributed by atoms with van der Waals surface area (Å²) in [6.07, 6.45) is -12.1. The number of hydrogen-bond acceptors (Lipinski definition) is 14. The van der Waals surface area contributed by atoms with E-state index in [0.29, 0.717) is 0 Å². The molecule has 20 heteroatoms. The zero-order valence-electron chi connectivity index (χ0n) is 17.4. The molecule has 2 aliphatic heterocycles. The van der Waals surface area contributed by atoms with Gasteiger partial charge in [0.25, 0.3) is 0 Å². The number of ether oxygens (including phenoxy) is 3. The van der Waals surface area contributed by atoms with Gasteiger partial charge >= 0.3 is 88.7 Å². The van der Waals surface area contributed by atoms with Crippen molar-refractivity contribution in [1.29, 1.82) is 0 Å². The summed E-state index contributed by atoms with van der Waals surface area (Å²) in [6.45, 7) is -1.41. The SMILES string of the molecule is O=C([O-])C1OCC(O)C(O)C1OC1OC(COS(=O)(=O)[O-])CC(O)C1NS(=O)[O-].[Na+].[Na+].[Na+]. The third kappa shape index (κ3) is 11.1. The minimum absolute atomic E-state index is 0. The molecule has 2 heterocycles. The Morgan fingerprint density at radius 2 is 1.78 bits per heavy atom. The van der Waals surface area contributed by atoms with Crippen molar-refractivity contribution in [2.24, 2.45) is 0 Å². The summed E-state index contributed by atoms with van der Waals surface area (Å²) in [4.78, 5) is 11.2. The molecule has 0 spiro atoms. The molecule has 2 rings (SSSR count). The molecule has 9 unspecified atom stereocenters. The van der Waals surface area contributed by atoms with Gasteiger partial charge in [-0.1, -0.05) is 0 Å². The van der Waals surface area contributed by atoms with Crippen LogP contribution in [0.25, 0.3) is 0 Å². The minimum Gasteiger partial charge on any atom is -0.760 e. The molecule has 15 nitrogen and oxygen atoms in total. The average Bonchev–Trinajstić information content (AvgIpc) is 2.59. The van der Waals surface area contributed by atoms with Crippen molar-refractivity contribution < 1.29 is 154 Å². The van der Waals surface area contributed by atoms with E-state index in [0.717, 1.165) is 0 Å². The monoisotopic (exact) mass is 533 g/mol. The predicted molar refractivity (Wildman–Crippen MR) is 82.4 cm³/mol. The second-order valence-electron chi connectivity index (χ2n) is 6.23. The molecule has 32 heavy (non-hydrogen) atoms. The van der Waals surface area contributed by atoms with E-state index in [1.54, 1.807) is 0 Å². The van der Waals surface area contributed by atoms with Crippen molar-refractivity contribution in [2.45, 2.75) is 55.4 Å². The van der Waals surface area contributed by atoms with E-state index in [9.17, 15) is 47.0 Å². The molecule has 4 N–H and O–H groups in total. The van der Waals surface area contributed by atoms with E-state index >= 15 is 0 Å². The number of carbonyl (C=O) groups excluding carboxylic acids is 1. The number of aliphatic carboxylic acids is 1. The Labute approximate surface area is 252 Å². The van der Waals surface area contributed by atoms with Gasteiger partial charge in [-0.05, 0) is 0 Å². The molecule has 0 radical (unpaired) electrons. The third-order valence-electron chi connectivity index (χ3n) is 4.17. The zero-order chi connectivity index (χ0) is 21.9. The van der Waals surface area contributed by atoms with Crippen LogP contribution in [0.5, 0.6) is 0 Å². The van der Waals surface area contributed by atoms with E-state index in [-0.39, 0.29) is 95.1 Å². The predicted octanol–water partition coefficient (Wildman–Crippen LogP) is -15.0. The van der Waals surface area contributed by atoms with Crippen LogP contribution in [0.15, 0.2) is 0 Å². The number of carbonyl (C=O) groups is 1. The number of nitrogens with one attached hydrogen (secondary N) is 1. The van der Waals surface area contributed by atoms with Crippen LogP contribution >= 0.6 is 0 Å². The van der Waals surface area contributed by atoms with Gasteiger partial charge in [-0.25, -0.2) is 13.1 Å². The third-order valence-corrected chi connectivity index (χ3v) is 5.06. The molecule has 0 aromatic rings. The van der Waals surface area contributed by atoms with E-state index < -0.39 is 89.8 Å². The largest absolute Gasteiger partial charge is 1.00 e. The maximum absolute atomic E-state index is 11.2. The van der Waals surface area contributed by atoms with E-state index in [1.165, 1.54) is 0 Å². The molecule has 2 fully saturated rings. The quantitative estimate of drug-likeness (QED) is 0.0979. The summed E-state index contributed by atoms with van der Waals surface area (Å²) in [7, 11) is -5.10. The molecule has 0 aliphatic carbocycles. The van der Waals surface area contributed by atoms with Crippen LogP contribution in [0.1, 0.15) is 6.42 Å². The summed E-state index contributed by atoms with van der Waals surface area (Å²) in [5.41, 5.74) is 0. The van der Waals surface area contributed by atoms with Gasteiger partial charge in [0.2, 0.25) is 10.4 Å². The standard InChI is InChI=1S/C12H21NO14S2.3Na/c14-5-1-4(2-25-29(21,22)23)26-12(7(5)13-28(19)20)27-9-8(16)6(15)3-24-10(9)11(17)18;;;/h4-10,12-16H,1-3H2,(H,17,18)(H,19,20)(H,21,22,23);;;/q;3*+1/p-3. The summed E-state index contributed by atoms with van der Waals surface area (Å²) in [5.74, 6) is -1.81. The molecule has 0 bridgehead atoms. The Morgan fingerprint density at radius 3 is 2.28 bits per heavy atom. The van der Waals surface area contributed by atoms with E-state index in [1.807, 2.05) is 4.72 Å². The van der Waals surface area contributed by atoms with Crippen molar-refractivity contribution in [2.75, 3.05) is 13.2 Å². The normalized spacial score (nSPS) is 36.0. The molecule has 0 aromatic carbocycles. The molecular formula is C12H18NNa3O14S2. The first kappa shape index (κ1) is 36.3. The Bertz CT molecular complexity index is 717. The second-order valence-corrected chi connectivity index (χ2v) is 7.99. The van der Waals surface area contributed by atoms with Crippen LogP contribution in [0.2, 0.25) is 0 Å².